The van der Waals surface area contributed by atoms with Crippen LogP contribution in [0.5, 0.6) is 0 Å². The van der Waals surface area contributed by atoms with Crippen LogP contribution in [0.1, 0.15) is 10.4 Å². The Morgan fingerprint density at radius 2 is 2.00 bits per heavy atom. The number of pyridine rings is 1. The number of carboxylic acid groups (broad SMARTS) is 1. The third kappa shape index (κ3) is 2.54. The van der Waals surface area contributed by atoms with E-state index in [1.165, 1.54) is 6.07 Å². The van der Waals surface area contributed by atoms with Crippen LogP contribution in [-0.4, -0.2) is 16.1 Å². The van der Waals surface area contributed by atoms with Gasteiger partial charge in [-0.25, -0.2) is 4.79 Å². The fourth-order valence-corrected chi connectivity index (χ4v) is 1.67. The highest BCUT2D eigenvalue weighted by atomic mass is 35.5. The summed E-state index contributed by atoms with van der Waals surface area (Å²) in [6, 6.07) is 9.25. The smallest absolute Gasteiger partial charge is 0.335 e. The molecule has 0 saturated carbocycles. The number of aromatic amines is 1. The van der Waals surface area contributed by atoms with Crippen molar-refractivity contribution in [3.05, 3.63) is 57.3 Å². The molecule has 1 heterocycles. The van der Waals surface area contributed by atoms with E-state index in [-0.39, 0.29) is 5.56 Å². The van der Waals surface area contributed by atoms with E-state index >= 15 is 0 Å². The van der Waals surface area contributed by atoms with Crippen molar-refractivity contribution in [3.8, 4) is 11.3 Å². The first-order valence-electron chi connectivity index (χ1n) is 4.80. The molecule has 86 valence electrons. The van der Waals surface area contributed by atoms with Crippen molar-refractivity contribution in [2.45, 2.75) is 0 Å². The fraction of sp³-hybridized carbons (Fsp3) is 0. The normalized spacial score (nSPS) is 10.2. The van der Waals surface area contributed by atoms with Crippen LogP contribution in [0.4, 0.5) is 0 Å². The summed E-state index contributed by atoms with van der Waals surface area (Å²) in [6.45, 7) is 0. The van der Waals surface area contributed by atoms with Crippen molar-refractivity contribution in [1.29, 1.82) is 0 Å². The summed E-state index contributed by atoms with van der Waals surface area (Å²) in [5.41, 5.74) is 0.582. The highest BCUT2D eigenvalue weighted by Crippen LogP contribution is 2.20. The molecule has 2 N–H and O–H groups in total. The Kier molecular flexibility index (Phi) is 2.97. The molecule has 0 fully saturated rings. The van der Waals surface area contributed by atoms with Crippen LogP contribution < -0.4 is 5.56 Å². The predicted octanol–water partition coefficient (Wildman–Crippen LogP) is 2.39. The van der Waals surface area contributed by atoms with Gasteiger partial charge in [-0.05, 0) is 23.8 Å². The molecule has 0 atom stereocenters. The molecule has 0 amide bonds. The summed E-state index contributed by atoms with van der Waals surface area (Å²) in [4.78, 5) is 24.7. The molecule has 2 rings (SSSR count). The van der Waals surface area contributed by atoms with E-state index in [1.54, 1.807) is 24.3 Å². The Hall–Kier alpha value is -2.07. The van der Waals surface area contributed by atoms with Crippen LogP contribution >= 0.6 is 11.6 Å². The average Bonchev–Trinajstić information content (AvgIpc) is 2.28. The van der Waals surface area contributed by atoms with E-state index in [0.29, 0.717) is 16.3 Å². The summed E-state index contributed by atoms with van der Waals surface area (Å²) in [5, 5.41) is 9.37. The monoisotopic (exact) mass is 249 g/mol. The molecule has 17 heavy (non-hydrogen) atoms. The number of hydrogen-bond acceptors (Lipinski definition) is 2. The molecule has 0 bridgehead atoms. The minimum atomic E-state index is -1.14. The number of aromatic carboxylic acids is 1. The first kappa shape index (κ1) is 11.4. The topological polar surface area (TPSA) is 70.2 Å². The molecule has 0 aliphatic carbocycles. The Morgan fingerprint density at radius 1 is 1.24 bits per heavy atom. The van der Waals surface area contributed by atoms with Crippen LogP contribution in [0, 0.1) is 0 Å². The van der Waals surface area contributed by atoms with E-state index in [1.807, 2.05) is 0 Å². The summed E-state index contributed by atoms with van der Waals surface area (Å²) >= 11 is 5.83. The van der Waals surface area contributed by atoms with Crippen molar-refractivity contribution in [3.63, 3.8) is 0 Å². The Bertz CT molecular complexity index is 634. The van der Waals surface area contributed by atoms with Gasteiger partial charge in [-0.1, -0.05) is 23.7 Å². The predicted molar refractivity (Wildman–Crippen MR) is 64.5 cm³/mol. The molecule has 0 aliphatic rings. The van der Waals surface area contributed by atoms with E-state index in [2.05, 4.69) is 4.98 Å². The molecular weight excluding hydrogens is 242 g/mol. The lowest BCUT2D eigenvalue weighted by Gasteiger charge is -2.03. The van der Waals surface area contributed by atoms with E-state index < -0.39 is 11.5 Å². The van der Waals surface area contributed by atoms with Gasteiger partial charge in [-0.3, -0.25) is 4.79 Å². The molecular formula is C12H8ClNO3. The van der Waals surface area contributed by atoms with Crippen LogP contribution in [-0.2, 0) is 0 Å². The Morgan fingerprint density at radius 3 is 2.65 bits per heavy atom. The van der Waals surface area contributed by atoms with Crippen molar-refractivity contribution in [1.82, 2.24) is 4.98 Å². The third-order valence-corrected chi connectivity index (χ3v) is 2.46. The standard InChI is InChI=1S/C12H8ClNO3/c13-9-3-1-2-7(4-9)10-5-8(12(16)17)6-11(15)14-10/h1-6H,(H,14,15)(H,16,17). The summed E-state index contributed by atoms with van der Waals surface area (Å²) in [6.07, 6.45) is 0. The molecule has 5 heteroatoms. The molecule has 0 radical (unpaired) electrons. The van der Waals surface area contributed by atoms with Crippen LogP contribution in [0.15, 0.2) is 41.2 Å². The second kappa shape index (κ2) is 4.43. The van der Waals surface area contributed by atoms with Crippen molar-refractivity contribution >= 4 is 17.6 Å². The van der Waals surface area contributed by atoms with Crippen LogP contribution in [0.25, 0.3) is 11.3 Å². The maximum atomic E-state index is 11.3. The number of halogens is 1. The molecule has 1 aromatic heterocycles. The lowest BCUT2D eigenvalue weighted by Crippen LogP contribution is -2.10. The van der Waals surface area contributed by atoms with Crippen LogP contribution in [0.3, 0.4) is 0 Å². The van der Waals surface area contributed by atoms with Gasteiger partial charge in [0, 0.05) is 16.8 Å². The number of nitrogens with one attached hydrogen (secondary N) is 1. The van der Waals surface area contributed by atoms with Gasteiger partial charge in [0.15, 0.2) is 0 Å². The summed E-state index contributed by atoms with van der Waals surface area (Å²) < 4.78 is 0. The highest BCUT2D eigenvalue weighted by molar-refractivity contribution is 6.30. The molecule has 0 saturated heterocycles. The van der Waals surface area contributed by atoms with E-state index in [4.69, 9.17) is 16.7 Å². The molecule has 0 unspecified atom stereocenters. The molecule has 0 aliphatic heterocycles. The number of rotatable bonds is 2. The van der Waals surface area contributed by atoms with Gasteiger partial charge < -0.3 is 10.1 Å². The SMILES string of the molecule is O=C(O)c1cc(-c2cccc(Cl)c2)[nH]c(=O)c1. The Labute approximate surface area is 101 Å². The summed E-state index contributed by atoms with van der Waals surface area (Å²) in [5.74, 6) is -1.14. The maximum Gasteiger partial charge on any atom is 0.335 e. The van der Waals surface area contributed by atoms with Gasteiger partial charge in [0.2, 0.25) is 5.56 Å². The minimum Gasteiger partial charge on any atom is -0.478 e. The number of hydrogen-bond donors (Lipinski definition) is 2. The molecule has 1 aromatic carbocycles. The highest BCUT2D eigenvalue weighted by Gasteiger charge is 2.07. The van der Waals surface area contributed by atoms with Gasteiger partial charge in [0.1, 0.15) is 0 Å². The number of carbonyl (C=O) groups is 1. The molecule has 0 spiro atoms. The van der Waals surface area contributed by atoms with Gasteiger partial charge in [0.25, 0.3) is 0 Å². The quantitative estimate of drug-likeness (QED) is 0.859. The molecule has 2 aromatic rings. The Balaban J connectivity index is 2.60. The largest absolute Gasteiger partial charge is 0.478 e. The van der Waals surface area contributed by atoms with Gasteiger partial charge in [-0.15, -0.1) is 0 Å². The lowest BCUT2D eigenvalue weighted by atomic mass is 10.1. The number of H-pyrrole nitrogens is 1. The second-order valence-corrected chi connectivity index (χ2v) is 3.90. The number of carboxylic acids is 1. The number of aromatic nitrogens is 1. The zero-order chi connectivity index (χ0) is 12.4. The summed E-state index contributed by atoms with van der Waals surface area (Å²) in [7, 11) is 0. The van der Waals surface area contributed by atoms with Crippen molar-refractivity contribution in [2.75, 3.05) is 0 Å². The third-order valence-electron chi connectivity index (χ3n) is 2.23. The first-order chi connectivity index (χ1) is 8.06. The van der Waals surface area contributed by atoms with Gasteiger partial charge in [-0.2, -0.15) is 0 Å². The van der Waals surface area contributed by atoms with Gasteiger partial charge in [0.05, 0.1) is 5.56 Å². The lowest BCUT2D eigenvalue weighted by molar-refractivity contribution is 0.0696. The van der Waals surface area contributed by atoms with Crippen molar-refractivity contribution in [2.24, 2.45) is 0 Å². The average molecular weight is 250 g/mol. The van der Waals surface area contributed by atoms with Crippen molar-refractivity contribution < 1.29 is 9.90 Å². The van der Waals surface area contributed by atoms with E-state index in [0.717, 1.165) is 6.07 Å². The zero-order valence-corrected chi connectivity index (χ0v) is 9.36. The minimum absolute atomic E-state index is 0.0521. The zero-order valence-electron chi connectivity index (χ0n) is 8.61. The second-order valence-electron chi connectivity index (χ2n) is 3.46. The number of benzene rings is 1. The molecule has 4 nitrogen and oxygen atoms in total. The van der Waals surface area contributed by atoms with E-state index in [9.17, 15) is 9.59 Å². The van der Waals surface area contributed by atoms with Crippen LogP contribution in [0.2, 0.25) is 5.02 Å². The maximum absolute atomic E-state index is 11.3. The van der Waals surface area contributed by atoms with Gasteiger partial charge >= 0.3 is 5.97 Å². The first-order valence-corrected chi connectivity index (χ1v) is 5.17. The fourth-order valence-electron chi connectivity index (χ4n) is 1.48.